The molecule has 0 aliphatic carbocycles. The number of thiazole rings is 1. The zero-order valence-corrected chi connectivity index (χ0v) is 16.6. The van der Waals surface area contributed by atoms with Gasteiger partial charge < -0.3 is 19.1 Å². The van der Waals surface area contributed by atoms with E-state index in [1.165, 1.54) is 22.4 Å². The van der Waals surface area contributed by atoms with Crippen LogP contribution in [0.1, 0.15) is 16.1 Å². The number of benzene rings is 2. The van der Waals surface area contributed by atoms with E-state index < -0.39 is 0 Å². The SMILES string of the molecule is Cc1nc(-c2cccc3c2C2(COc4cc5c(cc42)OCCO5)CN3C)cs1. The molecule has 3 aliphatic heterocycles. The molecular weight excluding hydrogens is 372 g/mol. The summed E-state index contributed by atoms with van der Waals surface area (Å²) in [6, 6.07) is 10.6. The summed E-state index contributed by atoms with van der Waals surface area (Å²) in [5, 5.41) is 3.23. The van der Waals surface area contributed by atoms with Crippen molar-refractivity contribution < 1.29 is 14.2 Å². The minimum absolute atomic E-state index is 0.233. The van der Waals surface area contributed by atoms with Gasteiger partial charge in [0.2, 0.25) is 0 Å². The summed E-state index contributed by atoms with van der Waals surface area (Å²) in [7, 11) is 2.15. The van der Waals surface area contributed by atoms with Crippen LogP contribution in [0.2, 0.25) is 0 Å². The topological polar surface area (TPSA) is 43.8 Å². The first kappa shape index (κ1) is 16.2. The Morgan fingerprint density at radius 2 is 1.89 bits per heavy atom. The summed E-state index contributed by atoms with van der Waals surface area (Å²) in [4.78, 5) is 7.11. The summed E-state index contributed by atoms with van der Waals surface area (Å²) in [6.07, 6.45) is 0. The highest BCUT2D eigenvalue weighted by Crippen LogP contribution is 2.56. The number of hydrogen-bond donors (Lipinski definition) is 0. The second-order valence-electron chi connectivity index (χ2n) is 7.67. The van der Waals surface area contributed by atoms with Crippen molar-refractivity contribution in [3.8, 4) is 28.5 Å². The molecule has 4 heterocycles. The predicted octanol–water partition coefficient (Wildman–Crippen LogP) is 4.02. The lowest BCUT2D eigenvalue weighted by Gasteiger charge is -2.26. The highest BCUT2D eigenvalue weighted by atomic mass is 32.1. The Labute approximate surface area is 167 Å². The maximum atomic E-state index is 6.22. The molecule has 0 amide bonds. The van der Waals surface area contributed by atoms with Crippen LogP contribution in [-0.4, -0.2) is 38.4 Å². The molecular formula is C22H20N2O3S. The molecule has 1 aromatic heterocycles. The van der Waals surface area contributed by atoms with E-state index in [0.717, 1.165) is 34.5 Å². The number of anilines is 1. The Balaban J connectivity index is 1.60. The number of rotatable bonds is 1. The van der Waals surface area contributed by atoms with Gasteiger partial charge in [0.1, 0.15) is 25.6 Å². The van der Waals surface area contributed by atoms with Gasteiger partial charge >= 0.3 is 0 Å². The average molecular weight is 392 g/mol. The van der Waals surface area contributed by atoms with Crippen LogP contribution in [0.15, 0.2) is 35.7 Å². The van der Waals surface area contributed by atoms with Crippen LogP contribution in [0.5, 0.6) is 17.2 Å². The molecule has 0 N–H and O–H groups in total. The van der Waals surface area contributed by atoms with E-state index in [-0.39, 0.29) is 5.41 Å². The largest absolute Gasteiger partial charge is 0.492 e. The van der Waals surface area contributed by atoms with E-state index in [1.54, 1.807) is 11.3 Å². The van der Waals surface area contributed by atoms with Crippen LogP contribution in [-0.2, 0) is 5.41 Å². The molecule has 5 nitrogen and oxygen atoms in total. The van der Waals surface area contributed by atoms with Crippen molar-refractivity contribution in [3.63, 3.8) is 0 Å². The van der Waals surface area contributed by atoms with Gasteiger partial charge in [-0.25, -0.2) is 4.98 Å². The van der Waals surface area contributed by atoms with Crippen molar-refractivity contribution in [1.82, 2.24) is 4.98 Å². The molecule has 3 aromatic rings. The molecule has 28 heavy (non-hydrogen) atoms. The lowest BCUT2D eigenvalue weighted by Crippen LogP contribution is -2.35. The van der Waals surface area contributed by atoms with E-state index in [4.69, 9.17) is 19.2 Å². The Morgan fingerprint density at radius 1 is 1.07 bits per heavy atom. The summed E-state index contributed by atoms with van der Waals surface area (Å²) in [5.41, 5.74) is 5.73. The molecule has 0 saturated heterocycles. The van der Waals surface area contributed by atoms with E-state index in [1.807, 2.05) is 6.07 Å². The number of fused-ring (bicyclic) bond motifs is 5. The van der Waals surface area contributed by atoms with Crippen molar-refractivity contribution in [1.29, 1.82) is 0 Å². The number of hydrogen-bond acceptors (Lipinski definition) is 6. The lowest BCUT2D eigenvalue weighted by atomic mass is 9.75. The highest BCUT2D eigenvalue weighted by Gasteiger charge is 2.51. The third-order valence-electron chi connectivity index (χ3n) is 5.97. The van der Waals surface area contributed by atoms with Crippen molar-refractivity contribution in [2.45, 2.75) is 12.3 Å². The fraction of sp³-hybridized carbons (Fsp3) is 0.318. The highest BCUT2D eigenvalue weighted by molar-refractivity contribution is 7.09. The van der Waals surface area contributed by atoms with Crippen LogP contribution in [0.3, 0.4) is 0 Å². The number of nitrogens with zero attached hydrogens (tertiary/aromatic N) is 2. The number of aryl methyl sites for hydroxylation is 1. The minimum atomic E-state index is -0.233. The molecule has 0 fully saturated rings. The molecule has 0 bridgehead atoms. The van der Waals surface area contributed by atoms with E-state index >= 15 is 0 Å². The Bertz CT molecular complexity index is 1110. The van der Waals surface area contributed by atoms with Gasteiger partial charge in [0.15, 0.2) is 11.5 Å². The second kappa shape index (κ2) is 5.64. The third-order valence-corrected chi connectivity index (χ3v) is 6.74. The van der Waals surface area contributed by atoms with Gasteiger partial charge in [0, 0.05) is 47.4 Å². The monoisotopic (exact) mass is 392 g/mol. The zero-order valence-electron chi connectivity index (χ0n) is 15.8. The third kappa shape index (κ3) is 2.09. The van der Waals surface area contributed by atoms with E-state index in [9.17, 15) is 0 Å². The molecule has 1 unspecified atom stereocenters. The second-order valence-corrected chi connectivity index (χ2v) is 8.73. The minimum Gasteiger partial charge on any atom is -0.492 e. The first-order chi connectivity index (χ1) is 13.7. The Kier molecular flexibility index (Phi) is 3.27. The standard InChI is InChI=1S/C22H20N2O3S/c1-13-23-16(10-28-13)14-4-3-5-17-21(14)22(11-24(17)2)12-27-18-9-20-19(8-15(18)22)25-6-7-26-20/h3-5,8-10H,6-7,11-12H2,1-2H3. The van der Waals surface area contributed by atoms with Gasteiger partial charge in [-0.3, -0.25) is 0 Å². The number of aromatic nitrogens is 1. The maximum Gasteiger partial charge on any atom is 0.165 e. The number of likely N-dealkylation sites (N-methyl/N-ethyl adjacent to an activating group) is 1. The van der Waals surface area contributed by atoms with Crippen LogP contribution < -0.4 is 19.1 Å². The van der Waals surface area contributed by atoms with Crippen molar-refractivity contribution >= 4 is 17.0 Å². The van der Waals surface area contributed by atoms with Gasteiger partial charge in [0.05, 0.1) is 16.1 Å². The van der Waals surface area contributed by atoms with E-state index in [0.29, 0.717) is 19.8 Å². The zero-order chi connectivity index (χ0) is 18.9. The lowest BCUT2D eigenvalue weighted by molar-refractivity contribution is 0.171. The average Bonchev–Trinajstić information content (AvgIpc) is 3.38. The molecule has 0 saturated carbocycles. The first-order valence-electron chi connectivity index (χ1n) is 9.50. The van der Waals surface area contributed by atoms with Gasteiger partial charge in [-0.15, -0.1) is 11.3 Å². The normalized spacial score (nSPS) is 21.6. The summed E-state index contributed by atoms with van der Waals surface area (Å²) in [6.45, 7) is 4.70. The molecule has 1 atom stereocenters. The molecule has 1 spiro atoms. The van der Waals surface area contributed by atoms with E-state index in [2.05, 4.69) is 48.5 Å². The van der Waals surface area contributed by atoms with Crippen molar-refractivity contribution in [2.75, 3.05) is 38.3 Å². The van der Waals surface area contributed by atoms with Crippen LogP contribution in [0.4, 0.5) is 5.69 Å². The molecule has 0 radical (unpaired) electrons. The molecule has 6 rings (SSSR count). The van der Waals surface area contributed by atoms with Crippen molar-refractivity contribution in [2.24, 2.45) is 0 Å². The fourth-order valence-corrected chi connectivity index (χ4v) is 5.42. The van der Waals surface area contributed by atoms with Crippen LogP contribution in [0, 0.1) is 6.92 Å². The smallest absolute Gasteiger partial charge is 0.165 e. The van der Waals surface area contributed by atoms with Gasteiger partial charge in [-0.1, -0.05) is 12.1 Å². The van der Waals surface area contributed by atoms with Gasteiger partial charge in [0.25, 0.3) is 0 Å². The summed E-state index contributed by atoms with van der Waals surface area (Å²) in [5.74, 6) is 2.49. The predicted molar refractivity (Wildman–Crippen MR) is 109 cm³/mol. The van der Waals surface area contributed by atoms with Gasteiger partial charge in [-0.05, 0) is 19.1 Å². The first-order valence-corrected chi connectivity index (χ1v) is 10.4. The fourth-order valence-electron chi connectivity index (χ4n) is 4.81. The Morgan fingerprint density at radius 3 is 2.68 bits per heavy atom. The van der Waals surface area contributed by atoms with Crippen molar-refractivity contribution in [3.05, 3.63) is 51.8 Å². The summed E-state index contributed by atoms with van der Waals surface area (Å²) >= 11 is 1.69. The molecule has 3 aliphatic rings. The van der Waals surface area contributed by atoms with Crippen LogP contribution in [0.25, 0.3) is 11.3 Å². The van der Waals surface area contributed by atoms with Crippen LogP contribution >= 0.6 is 11.3 Å². The van der Waals surface area contributed by atoms with Gasteiger partial charge in [-0.2, -0.15) is 0 Å². The quantitative estimate of drug-likeness (QED) is 0.626. The Hall–Kier alpha value is -2.73. The number of ether oxygens (including phenoxy) is 3. The summed E-state index contributed by atoms with van der Waals surface area (Å²) < 4.78 is 17.9. The molecule has 6 heteroatoms. The maximum absolute atomic E-state index is 6.22. The molecule has 142 valence electrons. The molecule has 2 aromatic carbocycles.